The quantitative estimate of drug-likeness (QED) is 0.850. The van der Waals surface area contributed by atoms with E-state index in [0.29, 0.717) is 0 Å². The van der Waals surface area contributed by atoms with E-state index in [1.54, 1.807) is 13.8 Å². The first-order valence-electron chi connectivity index (χ1n) is 5.79. The highest BCUT2D eigenvalue weighted by Gasteiger charge is 2.20. The van der Waals surface area contributed by atoms with Gasteiger partial charge in [0, 0.05) is 12.1 Å². The molecule has 0 heterocycles. The Labute approximate surface area is 110 Å². The summed E-state index contributed by atoms with van der Waals surface area (Å²) >= 11 is 0. The topological polar surface area (TPSA) is 66.8 Å². The van der Waals surface area contributed by atoms with Gasteiger partial charge in [-0.25, -0.2) is 4.39 Å². The van der Waals surface area contributed by atoms with Crippen molar-refractivity contribution in [3.05, 3.63) is 30.1 Å². The van der Waals surface area contributed by atoms with Crippen LogP contribution in [-0.2, 0) is 9.59 Å². The molecule has 6 heteroatoms. The molecule has 1 rings (SSSR count). The van der Waals surface area contributed by atoms with E-state index in [4.69, 9.17) is 9.84 Å². The van der Waals surface area contributed by atoms with E-state index in [0.717, 1.165) is 6.07 Å². The zero-order chi connectivity index (χ0) is 14.4. The Hall–Kier alpha value is -2.11. The monoisotopic (exact) mass is 269 g/mol. The summed E-state index contributed by atoms with van der Waals surface area (Å²) < 4.78 is 18.0. The number of carbonyl (C=O) groups excluding carboxylic acids is 1. The normalized spacial score (nSPS) is 10.3. The minimum atomic E-state index is -1.09. The molecular weight excluding hydrogens is 253 g/mol. The average Bonchev–Trinajstić information content (AvgIpc) is 2.32. The maximum absolute atomic E-state index is 12.9. The van der Waals surface area contributed by atoms with Crippen LogP contribution >= 0.6 is 0 Å². The highest BCUT2D eigenvalue weighted by atomic mass is 19.1. The lowest BCUT2D eigenvalue weighted by molar-refractivity contribution is -0.146. The van der Waals surface area contributed by atoms with E-state index < -0.39 is 17.7 Å². The number of benzene rings is 1. The van der Waals surface area contributed by atoms with Gasteiger partial charge in [0.2, 0.25) is 0 Å². The summed E-state index contributed by atoms with van der Waals surface area (Å²) in [6.07, 6.45) is 0. The third-order valence-electron chi connectivity index (χ3n) is 2.41. The molecule has 0 aliphatic carbocycles. The maximum atomic E-state index is 12.9. The molecule has 1 aromatic rings. The van der Waals surface area contributed by atoms with Crippen LogP contribution in [0, 0.1) is 5.82 Å². The van der Waals surface area contributed by atoms with E-state index in [2.05, 4.69) is 0 Å². The third kappa shape index (κ3) is 4.95. The van der Waals surface area contributed by atoms with Crippen LogP contribution in [0.2, 0.25) is 0 Å². The van der Waals surface area contributed by atoms with Gasteiger partial charge in [-0.05, 0) is 26.0 Å². The number of carbonyl (C=O) groups is 2. The number of carboxylic acid groups (broad SMARTS) is 1. The first-order chi connectivity index (χ1) is 8.90. The molecule has 0 atom stereocenters. The summed E-state index contributed by atoms with van der Waals surface area (Å²) in [6.45, 7) is 2.71. The molecule has 0 saturated carbocycles. The minimum Gasteiger partial charge on any atom is -0.484 e. The van der Waals surface area contributed by atoms with Gasteiger partial charge in [0.05, 0.1) is 0 Å². The number of aliphatic carboxylic acids is 1. The van der Waals surface area contributed by atoms with Gasteiger partial charge in [-0.1, -0.05) is 6.07 Å². The summed E-state index contributed by atoms with van der Waals surface area (Å²) in [5, 5.41) is 8.72. The lowest BCUT2D eigenvalue weighted by atomic mass is 10.3. The van der Waals surface area contributed by atoms with E-state index in [-0.39, 0.29) is 24.9 Å². The van der Waals surface area contributed by atoms with Gasteiger partial charge in [-0.2, -0.15) is 0 Å². The fraction of sp³-hybridized carbons (Fsp3) is 0.385. The summed E-state index contributed by atoms with van der Waals surface area (Å²) in [6, 6.07) is 5.16. The Morgan fingerprint density at radius 1 is 1.42 bits per heavy atom. The molecule has 5 nitrogen and oxygen atoms in total. The number of amides is 1. The standard InChI is InChI=1S/C13H16FNO4/c1-9(2)15(7-13(17)18)12(16)8-19-11-5-3-4-10(14)6-11/h3-6,9H,7-8H2,1-2H3,(H,17,18). The zero-order valence-electron chi connectivity index (χ0n) is 10.8. The van der Waals surface area contributed by atoms with Crippen molar-refractivity contribution < 1.29 is 23.8 Å². The van der Waals surface area contributed by atoms with E-state index >= 15 is 0 Å². The zero-order valence-corrected chi connectivity index (χ0v) is 10.8. The van der Waals surface area contributed by atoms with Gasteiger partial charge in [0.25, 0.3) is 5.91 Å². The van der Waals surface area contributed by atoms with Crippen molar-refractivity contribution in [3.8, 4) is 5.75 Å². The fourth-order valence-corrected chi connectivity index (χ4v) is 1.49. The van der Waals surface area contributed by atoms with Crippen molar-refractivity contribution in [2.45, 2.75) is 19.9 Å². The molecule has 1 N–H and O–H groups in total. The van der Waals surface area contributed by atoms with Crippen LogP contribution in [0.1, 0.15) is 13.8 Å². The Bertz CT molecular complexity index is 462. The highest BCUT2D eigenvalue weighted by Crippen LogP contribution is 2.12. The second-order valence-corrected chi connectivity index (χ2v) is 4.26. The molecule has 0 fully saturated rings. The van der Waals surface area contributed by atoms with Gasteiger partial charge < -0.3 is 14.7 Å². The largest absolute Gasteiger partial charge is 0.484 e. The van der Waals surface area contributed by atoms with Crippen LogP contribution < -0.4 is 4.74 Å². The second kappa shape index (κ2) is 6.72. The first-order valence-corrected chi connectivity index (χ1v) is 5.79. The van der Waals surface area contributed by atoms with Gasteiger partial charge in [0.1, 0.15) is 18.1 Å². The van der Waals surface area contributed by atoms with Crippen molar-refractivity contribution >= 4 is 11.9 Å². The summed E-state index contributed by atoms with van der Waals surface area (Å²) in [5.74, 6) is -1.78. The molecule has 1 amide bonds. The molecule has 19 heavy (non-hydrogen) atoms. The average molecular weight is 269 g/mol. The number of rotatable bonds is 6. The van der Waals surface area contributed by atoms with Gasteiger partial charge in [0.15, 0.2) is 6.61 Å². The number of ether oxygens (including phenoxy) is 1. The van der Waals surface area contributed by atoms with Crippen molar-refractivity contribution in [2.24, 2.45) is 0 Å². The van der Waals surface area contributed by atoms with Crippen LogP contribution in [0.4, 0.5) is 4.39 Å². The smallest absolute Gasteiger partial charge is 0.323 e. The Morgan fingerprint density at radius 3 is 2.63 bits per heavy atom. The number of hydrogen-bond donors (Lipinski definition) is 1. The highest BCUT2D eigenvalue weighted by molar-refractivity contribution is 5.82. The van der Waals surface area contributed by atoms with Crippen molar-refractivity contribution in [1.82, 2.24) is 4.90 Å². The number of carboxylic acids is 1. The van der Waals surface area contributed by atoms with Crippen LogP contribution in [-0.4, -0.2) is 41.1 Å². The predicted octanol–water partition coefficient (Wildman–Crippen LogP) is 1.53. The lowest BCUT2D eigenvalue weighted by Crippen LogP contribution is -2.43. The molecule has 1 aromatic carbocycles. The molecule has 0 aromatic heterocycles. The van der Waals surface area contributed by atoms with Gasteiger partial charge in [-0.15, -0.1) is 0 Å². The number of halogens is 1. The number of hydrogen-bond acceptors (Lipinski definition) is 3. The molecule has 0 bridgehead atoms. The van der Waals surface area contributed by atoms with Crippen LogP contribution in [0.5, 0.6) is 5.75 Å². The molecule has 104 valence electrons. The maximum Gasteiger partial charge on any atom is 0.323 e. The van der Waals surface area contributed by atoms with Crippen molar-refractivity contribution in [3.63, 3.8) is 0 Å². The summed E-state index contributed by atoms with van der Waals surface area (Å²) in [5.41, 5.74) is 0. The summed E-state index contributed by atoms with van der Waals surface area (Å²) in [7, 11) is 0. The van der Waals surface area contributed by atoms with Crippen LogP contribution in [0.25, 0.3) is 0 Å². The minimum absolute atomic E-state index is 0.229. The molecule has 0 aliphatic rings. The van der Waals surface area contributed by atoms with Gasteiger partial charge >= 0.3 is 5.97 Å². The SMILES string of the molecule is CC(C)N(CC(=O)O)C(=O)COc1cccc(F)c1. The molecule has 0 saturated heterocycles. The third-order valence-corrected chi connectivity index (χ3v) is 2.41. The molecular formula is C13H16FNO4. The van der Waals surface area contributed by atoms with E-state index in [1.807, 2.05) is 0 Å². The molecule has 0 aliphatic heterocycles. The second-order valence-electron chi connectivity index (χ2n) is 4.26. The number of nitrogens with zero attached hydrogens (tertiary/aromatic N) is 1. The molecule has 0 spiro atoms. The fourth-order valence-electron chi connectivity index (χ4n) is 1.49. The van der Waals surface area contributed by atoms with Crippen molar-refractivity contribution in [2.75, 3.05) is 13.2 Å². The predicted molar refractivity (Wildman–Crippen MR) is 66.4 cm³/mol. The molecule has 0 unspecified atom stereocenters. The molecule has 0 radical (unpaired) electrons. The first kappa shape index (κ1) is 14.9. The van der Waals surface area contributed by atoms with Gasteiger partial charge in [-0.3, -0.25) is 9.59 Å². The van der Waals surface area contributed by atoms with Crippen LogP contribution in [0.15, 0.2) is 24.3 Å². The van der Waals surface area contributed by atoms with Crippen molar-refractivity contribution in [1.29, 1.82) is 0 Å². The Balaban J connectivity index is 2.59. The van der Waals surface area contributed by atoms with E-state index in [1.165, 1.54) is 23.1 Å². The Kier molecular flexibility index (Phi) is 5.29. The van der Waals surface area contributed by atoms with Crippen LogP contribution in [0.3, 0.4) is 0 Å². The summed E-state index contributed by atoms with van der Waals surface area (Å²) in [4.78, 5) is 23.7. The lowest BCUT2D eigenvalue weighted by Gasteiger charge is -2.24. The van der Waals surface area contributed by atoms with E-state index in [9.17, 15) is 14.0 Å². The Morgan fingerprint density at radius 2 is 2.11 bits per heavy atom.